The lowest BCUT2D eigenvalue weighted by Gasteiger charge is -2.10. The molecular weight excluding hydrogens is 234 g/mol. The number of carboxylic acids is 1. The van der Waals surface area contributed by atoms with Gasteiger partial charge in [-0.3, -0.25) is 4.79 Å². The molecule has 0 saturated heterocycles. The zero-order valence-electron chi connectivity index (χ0n) is 8.93. The molecule has 1 unspecified atom stereocenters. The van der Waals surface area contributed by atoms with Crippen LogP contribution >= 0.6 is 0 Å². The molecule has 0 radical (unpaired) electrons. The number of hydrogen-bond donors (Lipinski definition) is 2. The number of nitrogens with one attached hydrogen (secondary N) is 1. The van der Waals surface area contributed by atoms with Gasteiger partial charge >= 0.3 is 5.97 Å². The zero-order valence-corrected chi connectivity index (χ0v) is 9.74. The number of carboxylic acid groups (broad SMARTS) is 1. The van der Waals surface area contributed by atoms with E-state index in [9.17, 15) is 13.2 Å². The first-order chi connectivity index (χ1) is 7.30. The summed E-state index contributed by atoms with van der Waals surface area (Å²) in [5, 5.41) is 8.39. The van der Waals surface area contributed by atoms with Gasteiger partial charge in [-0.25, -0.2) is 13.1 Å². The van der Waals surface area contributed by atoms with Crippen LogP contribution in [0.4, 0.5) is 0 Å². The second-order valence-electron chi connectivity index (χ2n) is 3.44. The van der Waals surface area contributed by atoms with E-state index in [0.717, 1.165) is 0 Å². The van der Waals surface area contributed by atoms with Gasteiger partial charge in [0, 0.05) is 0 Å². The van der Waals surface area contributed by atoms with E-state index in [0.29, 0.717) is 11.5 Å². The molecule has 1 heterocycles. The molecule has 0 amide bonds. The van der Waals surface area contributed by atoms with Crippen LogP contribution in [0.3, 0.4) is 0 Å². The molecule has 0 saturated carbocycles. The van der Waals surface area contributed by atoms with Gasteiger partial charge in [0.05, 0.1) is 6.04 Å². The van der Waals surface area contributed by atoms with E-state index in [1.54, 1.807) is 26.0 Å². The Bertz CT molecular complexity index is 476. The van der Waals surface area contributed by atoms with E-state index in [1.165, 1.54) is 0 Å². The normalized spacial score (nSPS) is 13.6. The summed E-state index contributed by atoms with van der Waals surface area (Å²) >= 11 is 0. The first-order valence-electron chi connectivity index (χ1n) is 4.58. The molecule has 1 aromatic rings. The van der Waals surface area contributed by atoms with E-state index in [4.69, 9.17) is 9.52 Å². The number of rotatable bonds is 5. The molecule has 0 aliphatic rings. The van der Waals surface area contributed by atoms with E-state index >= 15 is 0 Å². The molecule has 0 fully saturated rings. The summed E-state index contributed by atoms with van der Waals surface area (Å²) < 4.78 is 30.0. The number of aliphatic carboxylic acids is 1. The third-order valence-electron chi connectivity index (χ3n) is 1.86. The van der Waals surface area contributed by atoms with Gasteiger partial charge in [-0.05, 0) is 26.0 Å². The summed E-state index contributed by atoms with van der Waals surface area (Å²) in [6.45, 7) is 3.32. The lowest BCUT2D eigenvalue weighted by molar-refractivity contribution is -0.134. The van der Waals surface area contributed by atoms with Crippen molar-refractivity contribution in [2.24, 2.45) is 0 Å². The summed E-state index contributed by atoms with van der Waals surface area (Å²) in [6, 6.07) is 2.76. The van der Waals surface area contributed by atoms with Gasteiger partial charge < -0.3 is 9.52 Å². The third kappa shape index (κ3) is 3.67. The predicted molar refractivity (Wildman–Crippen MR) is 56.4 cm³/mol. The van der Waals surface area contributed by atoms with Crippen molar-refractivity contribution in [1.29, 1.82) is 0 Å². The molecule has 1 aromatic heterocycles. The molecule has 7 heteroatoms. The standard InChI is InChI=1S/C9H13NO5S/c1-6-3-4-8(15-6)7(2)10-16(13,14)5-9(11)12/h3-4,7,10H,5H2,1-2H3,(H,11,12). The minimum absolute atomic E-state index is 0.450. The van der Waals surface area contributed by atoms with Crippen molar-refractivity contribution in [1.82, 2.24) is 4.72 Å². The highest BCUT2D eigenvalue weighted by atomic mass is 32.2. The van der Waals surface area contributed by atoms with E-state index in [-0.39, 0.29) is 0 Å². The van der Waals surface area contributed by atoms with E-state index in [1.807, 2.05) is 0 Å². The number of sulfonamides is 1. The van der Waals surface area contributed by atoms with Gasteiger partial charge in [0.25, 0.3) is 0 Å². The summed E-state index contributed by atoms with van der Waals surface area (Å²) in [5.41, 5.74) is 0. The average molecular weight is 247 g/mol. The Kier molecular flexibility index (Phi) is 3.71. The highest BCUT2D eigenvalue weighted by molar-refractivity contribution is 7.90. The topological polar surface area (TPSA) is 96.6 Å². The number of aryl methyl sites for hydroxylation is 1. The molecule has 1 atom stereocenters. The number of hydrogen-bond acceptors (Lipinski definition) is 4. The van der Waals surface area contributed by atoms with Crippen LogP contribution in [-0.2, 0) is 14.8 Å². The third-order valence-corrected chi connectivity index (χ3v) is 3.20. The van der Waals surface area contributed by atoms with Crippen LogP contribution in [0.2, 0.25) is 0 Å². The second-order valence-corrected chi connectivity index (χ2v) is 5.19. The summed E-state index contributed by atoms with van der Waals surface area (Å²) in [6.07, 6.45) is 0. The lowest BCUT2D eigenvalue weighted by atomic mass is 10.3. The first kappa shape index (κ1) is 12.7. The molecule has 6 nitrogen and oxygen atoms in total. The van der Waals surface area contributed by atoms with Crippen molar-refractivity contribution in [2.75, 3.05) is 5.75 Å². The molecule has 2 N–H and O–H groups in total. The summed E-state index contributed by atoms with van der Waals surface area (Å²) in [5.74, 6) is -1.22. The van der Waals surface area contributed by atoms with Crippen molar-refractivity contribution in [3.63, 3.8) is 0 Å². The Morgan fingerprint density at radius 2 is 2.19 bits per heavy atom. The molecule has 16 heavy (non-hydrogen) atoms. The molecule has 0 aliphatic carbocycles. The van der Waals surface area contributed by atoms with Gasteiger partial charge in [-0.2, -0.15) is 0 Å². The Hall–Kier alpha value is -1.34. The van der Waals surface area contributed by atoms with Crippen LogP contribution < -0.4 is 4.72 Å². The molecule has 0 aromatic carbocycles. The zero-order chi connectivity index (χ0) is 12.3. The fraction of sp³-hybridized carbons (Fsp3) is 0.444. The van der Waals surface area contributed by atoms with E-state index in [2.05, 4.69) is 4.72 Å². The highest BCUT2D eigenvalue weighted by Gasteiger charge is 2.20. The van der Waals surface area contributed by atoms with Crippen LogP contribution in [0.25, 0.3) is 0 Å². The maximum atomic E-state index is 11.3. The van der Waals surface area contributed by atoms with Crippen LogP contribution in [0.1, 0.15) is 24.5 Å². The highest BCUT2D eigenvalue weighted by Crippen LogP contribution is 2.16. The predicted octanol–water partition coefficient (Wildman–Crippen LogP) is 0.653. The Balaban J connectivity index is 2.71. The largest absolute Gasteiger partial charge is 0.480 e. The molecule has 0 bridgehead atoms. The monoisotopic (exact) mass is 247 g/mol. The number of carbonyl (C=O) groups is 1. The Labute approximate surface area is 93.3 Å². The molecule has 90 valence electrons. The number of furan rings is 1. The minimum atomic E-state index is -3.83. The first-order valence-corrected chi connectivity index (χ1v) is 6.23. The average Bonchev–Trinajstić information content (AvgIpc) is 2.47. The van der Waals surface area contributed by atoms with Gasteiger partial charge in [-0.15, -0.1) is 0 Å². The van der Waals surface area contributed by atoms with Crippen molar-refractivity contribution in [2.45, 2.75) is 19.9 Å². The fourth-order valence-electron chi connectivity index (χ4n) is 1.22. The van der Waals surface area contributed by atoms with Gasteiger partial charge in [0.15, 0.2) is 5.75 Å². The SMILES string of the molecule is Cc1ccc(C(C)NS(=O)(=O)CC(=O)O)o1. The Morgan fingerprint density at radius 3 is 2.62 bits per heavy atom. The maximum absolute atomic E-state index is 11.3. The van der Waals surface area contributed by atoms with Crippen LogP contribution in [0.5, 0.6) is 0 Å². The fourth-order valence-corrected chi connectivity index (χ4v) is 2.28. The van der Waals surface area contributed by atoms with Crippen LogP contribution in [0.15, 0.2) is 16.5 Å². The molecule has 0 aliphatic heterocycles. The summed E-state index contributed by atoms with van der Waals surface area (Å²) in [7, 11) is -3.83. The van der Waals surface area contributed by atoms with Crippen molar-refractivity contribution >= 4 is 16.0 Å². The molecule has 0 spiro atoms. The van der Waals surface area contributed by atoms with Gasteiger partial charge in [-0.1, -0.05) is 0 Å². The second kappa shape index (κ2) is 4.67. The van der Waals surface area contributed by atoms with Crippen molar-refractivity contribution in [3.05, 3.63) is 23.7 Å². The van der Waals surface area contributed by atoms with E-state index < -0.39 is 27.8 Å². The van der Waals surface area contributed by atoms with Crippen LogP contribution in [-0.4, -0.2) is 25.2 Å². The minimum Gasteiger partial charge on any atom is -0.480 e. The smallest absolute Gasteiger partial charge is 0.320 e. The van der Waals surface area contributed by atoms with Gasteiger partial charge in [0.2, 0.25) is 10.0 Å². The van der Waals surface area contributed by atoms with Crippen molar-refractivity contribution < 1.29 is 22.7 Å². The Morgan fingerprint density at radius 1 is 1.56 bits per heavy atom. The van der Waals surface area contributed by atoms with Crippen LogP contribution in [0, 0.1) is 6.92 Å². The molecular formula is C9H13NO5S. The quantitative estimate of drug-likeness (QED) is 0.796. The van der Waals surface area contributed by atoms with Gasteiger partial charge in [0.1, 0.15) is 11.5 Å². The van der Waals surface area contributed by atoms with Crippen molar-refractivity contribution in [3.8, 4) is 0 Å². The molecule has 1 rings (SSSR count). The maximum Gasteiger partial charge on any atom is 0.320 e. The summed E-state index contributed by atoms with van der Waals surface area (Å²) in [4.78, 5) is 10.3. The lowest BCUT2D eigenvalue weighted by Crippen LogP contribution is -2.31.